The third-order valence-electron chi connectivity index (χ3n) is 3.39. The monoisotopic (exact) mass is 241 g/mol. The molecular weight excluding hydrogens is 218 g/mol. The molecule has 0 aromatic heterocycles. The van der Waals surface area contributed by atoms with Crippen LogP contribution in [0.1, 0.15) is 26.7 Å². The lowest BCUT2D eigenvalue weighted by Crippen LogP contribution is -2.32. The highest BCUT2D eigenvalue weighted by molar-refractivity contribution is 8.14. The average Bonchev–Trinajstić information content (AvgIpc) is 2.98. The van der Waals surface area contributed by atoms with Crippen LogP contribution >= 0.6 is 11.8 Å². The summed E-state index contributed by atoms with van der Waals surface area (Å²) in [5.74, 6) is 1.88. The minimum absolute atomic E-state index is 0.616. The number of likely N-dealkylation sites (N-methyl/N-ethyl adjacent to an activating group) is 1. The number of rotatable bonds is 5. The molecular formula is C12H23N3S. The summed E-state index contributed by atoms with van der Waals surface area (Å²) in [5.41, 5.74) is 0. The molecule has 0 bridgehead atoms. The quantitative estimate of drug-likeness (QED) is 0.795. The summed E-state index contributed by atoms with van der Waals surface area (Å²) in [5, 5.41) is 4.66. The first-order chi connectivity index (χ1) is 7.66. The van der Waals surface area contributed by atoms with E-state index in [-0.39, 0.29) is 0 Å². The van der Waals surface area contributed by atoms with E-state index >= 15 is 0 Å². The van der Waals surface area contributed by atoms with Gasteiger partial charge in [0.2, 0.25) is 0 Å². The van der Waals surface area contributed by atoms with Gasteiger partial charge in [-0.1, -0.05) is 25.6 Å². The molecule has 1 aliphatic heterocycles. The molecule has 16 heavy (non-hydrogen) atoms. The van der Waals surface area contributed by atoms with Gasteiger partial charge in [0.25, 0.3) is 0 Å². The normalized spacial score (nSPS) is 28.1. The van der Waals surface area contributed by atoms with E-state index in [0.717, 1.165) is 24.3 Å². The van der Waals surface area contributed by atoms with Crippen molar-refractivity contribution in [3.05, 3.63) is 0 Å². The summed E-state index contributed by atoms with van der Waals surface area (Å²) in [6, 6.07) is 1.47. The van der Waals surface area contributed by atoms with E-state index in [1.807, 2.05) is 11.8 Å². The molecule has 1 unspecified atom stereocenters. The van der Waals surface area contributed by atoms with Gasteiger partial charge in [-0.25, -0.2) is 0 Å². The number of aliphatic imine (C=N–C) groups is 1. The number of hydrogen-bond acceptors (Lipinski definition) is 3. The standard InChI is InChI=1S/C12H23N3S/c1-9(2)11-8-16-12(14-11)13-6-7-15(3)10-4-5-10/h9-11H,4-8H2,1-3H3,(H,13,14). The minimum Gasteiger partial charge on any atom is -0.361 e. The number of nitrogens with one attached hydrogen (secondary N) is 1. The zero-order valence-electron chi connectivity index (χ0n) is 10.6. The highest BCUT2D eigenvalue weighted by Gasteiger charge is 2.26. The van der Waals surface area contributed by atoms with Gasteiger partial charge in [-0.2, -0.15) is 0 Å². The van der Waals surface area contributed by atoms with Crippen LogP contribution in [0.4, 0.5) is 0 Å². The molecule has 3 nitrogen and oxygen atoms in total. The predicted octanol–water partition coefficient (Wildman–Crippen LogP) is 1.80. The molecule has 1 N–H and O–H groups in total. The molecule has 2 rings (SSSR count). The smallest absolute Gasteiger partial charge is 0.156 e. The molecule has 2 aliphatic rings. The fourth-order valence-electron chi connectivity index (χ4n) is 1.87. The van der Waals surface area contributed by atoms with Crippen molar-refractivity contribution in [1.82, 2.24) is 10.2 Å². The van der Waals surface area contributed by atoms with E-state index in [0.29, 0.717) is 12.0 Å². The van der Waals surface area contributed by atoms with Crippen LogP contribution in [0.3, 0.4) is 0 Å². The van der Waals surface area contributed by atoms with Gasteiger partial charge in [0.1, 0.15) is 0 Å². The van der Waals surface area contributed by atoms with Crippen molar-refractivity contribution in [2.24, 2.45) is 10.9 Å². The van der Waals surface area contributed by atoms with Crippen molar-refractivity contribution < 1.29 is 0 Å². The second-order valence-corrected chi connectivity index (χ2v) is 6.21. The lowest BCUT2D eigenvalue weighted by Gasteiger charge is -2.14. The van der Waals surface area contributed by atoms with Gasteiger partial charge in [0.05, 0.1) is 6.54 Å². The molecule has 92 valence electrons. The summed E-state index contributed by atoms with van der Waals surface area (Å²) < 4.78 is 0. The van der Waals surface area contributed by atoms with Crippen LogP contribution in [0.2, 0.25) is 0 Å². The second kappa shape index (κ2) is 5.41. The van der Waals surface area contributed by atoms with Crippen LogP contribution in [0.25, 0.3) is 0 Å². The molecule has 1 heterocycles. The third kappa shape index (κ3) is 3.39. The first-order valence-corrected chi connectivity index (χ1v) is 7.29. The van der Waals surface area contributed by atoms with E-state index in [4.69, 9.17) is 0 Å². The maximum absolute atomic E-state index is 4.63. The van der Waals surface area contributed by atoms with Crippen molar-refractivity contribution in [2.75, 3.05) is 25.9 Å². The topological polar surface area (TPSA) is 27.6 Å². The Kier molecular flexibility index (Phi) is 4.14. The first kappa shape index (κ1) is 12.2. The maximum Gasteiger partial charge on any atom is 0.156 e. The average molecular weight is 241 g/mol. The lowest BCUT2D eigenvalue weighted by atomic mass is 10.1. The van der Waals surface area contributed by atoms with Gasteiger partial charge in [0, 0.05) is 24.4 Å². The predicted molar refractivity (Wildman–Crippen MR) is 72.2 cm³/mol. The number of amidine groups is 1. The van der Waals surface area contributed by atoms with Gasteiger partial charge in [0.15, 0.2) is 5.17 Å². The fourth-order valence-corrected chi connectivity index (χ4v) is 3.09. The molecule has 0 spiro atoms. The van der Waals surface area contributed by atoms with Gasteiger partial charge < -0.3 is 10.2 Å². The van der Waals surface area contributed by atoms with Crippen LogP contribution in [0.5, 0.6) is 0 Å². The molecule has 1 atom stereocenters. The number of nitrogens with zero attached hydrogens (tertiary/aromatic N) is 2. The second-order valence-electron chi connectivity index (χ2n) is 5.20. The first-order valence-electron chi connectivity index (χ1n) is 6.31. The Morgan fingerprint density at radius 3 is 2.81 bits per heavy atom. The molecule has 1 saturated heterocycles. The molecule has 0 amide bonds. The Morgan fingerprint density at radius 1 is 1.50 bits per heavy atom. The van der Waals surface area contributed by atoms with Crippen LogP contribution in [0.15, 0.2) is 4.99 Å². The van der Waals surface area contributed by atoms with Crippen molar-refractivity contribution >= 4 is 16.9 Å². The van der Waals surface area contributed by atoms with E-state index in [2.05, 4.69) is 36.1 Å². The van der Waals surface area contributed by atoms with Crippen molar-refractivity contribution in [2.45, 2.75) is 38.8 Å². The third-order valence-corrected chi connectivity index (χ3v) is 4.44. The SMILES string of the molecule is CC(C)C1CSC(=NCCN(C)C2CC2)N1. The number of thioether (sulfide) groups is 1. The van der Waals surface area contributed by atoms with Crippen LogP contribution in [-0.2, 0) is 0 Å². The van der Waals surface area contributed by atoms with E-state index in [1.165, 1.54) is 18.6 Å². The van der Waals surface area contributed by atoms with Crippen LogP contribution in [0, 0.1) is 5.92 Å². The molecule has 0 aromatic carbocycles. The Morgan fingerprint density at radius 2 is 2.25 bits per heavy atom. The Labute approximate surface area is 103 Å². The van der Waals surface area contributed by atoms with E-state index < -0.39 is 0 Å². The van der Waals surface area contributed by atoms with Crippen molar-refractivity contribution in [3.63, 3.8) is 0 Å². The highest BCUT2D eigenvalue weighted by atomic mass is 32.2. The zero-order valence-corrected chi connectivity index (χ0v) is 11.4. The molecule has 4 heteroatoms. The largest absolute Gasteiger partial charge is 0.361 e. The van der Waals surface area contributed by atoms with Gasteiger partial charge >= 0.3 is 0 Å². The lowest BCUT2D eigenvalue weighted by molar-refractivity contribution is 0.334. The van der Waals surface area contributed by atoms with Crippen LogP contribution in [-0.4, -0.2) is 48.0 Å². The summed E-state index contributed by atoms with van der Waals surface area (Å²) in [4.78, 5) is 7.07. The van der Waals surface area contributed by atoms with Gasteiger partial charge in [-0.3, -0.25) is 4.99 Å². The minimum atomic E-state index is 0.616. The van der Waals surface area contributed by atoms with E-state index in [9.17, 15) is 0 Å². The van der Waals surface area contributed by atoms with E-state index in [1.54, 1.807) is 0 Å². The number of hydrogen-bond donors (Lipinski definition) is 1. The molecule has 1 saturated carbocycles. The summed E-state index contributed by atoms with van der Waals surface area (Å²) >= 11 is 1.87. The van der Waals surface area contributed by atoms with Gasteiger partial charge in [-0.05, 0) is 25.8 Å². The Balaban J connectivity index is 1.68. The summed E-state index contributed by atoms with van der Waals surface area (Å²) in [7, 11) is 2.21. The molecule has 0 aromatic rings. The fraction of sp³-hybridized carbons (Fsp3) is 0.917. The Bertz CT molecular complexity index is 261. The Hall–Kier alpha value is -0.220. The molecule has 0 radical (unpaired) electrons. The van der Waals surface area contributed by atoms with Crippen LogP contribution < -0.4 is 5.32 Å². The molecule has 1 aliphatic carbocycles. The van der Waals surface area contributed by atoms with Crippen molar-refractivity contribution in [3.8, 4) is 0 Å². The summed E-state index contributed by atoms with van der Waals surface area (Å²) in [6.07, 6.45) is 2.77. The zero-order chi connectivity index (χ0) is 11.5. The maximum atomic E-state index is 4.63. The summed E-state index contributed by atoms with van der Waals surface area (Å²) in [6.45, 7) is 6.57. The molecule has 2 fully saturated rings. The highest BCUT2D eigenvalue weighted by Crippen LogP contribution is 2.25. The van der Waals surface area contributed by atoms with Gasteiger partial charge in [-0.15, -0.1) is 0 Å². The van der Waals surface area contributed by atoms with Crippen molar-refractivity contribution in [1.29, 1.82) is 0 Å².